The van der Waals surface area contributed by atoms with Crippen LogP contribution in [0.5, 0.6) is 0 Å². The van der Waals surface area contributed by atoms with E-state index in [1.165, 1.54) is 6.07 Å². The summed E-state index contributed by atoms with van der Waals surface area (Å²) >= 11 is 1.72. The van der Waals surface area contributed by atoms with Crippen molar-refractivity contribution in [2.45, 2.75) is 24.4 Å². The van der Waals surface area contributed by atoms with Crippen molar-refractivity contribution >= 4 is 34.8 Å². The van der Waals surface area contributed by atoms with Gasteiger partial charge in [-0.05, 0) is 18.6 Å². The number of benzene rings is 3. The number of rotatable bonds is 4. The summed E-state index contributed by atoms with van der Waals surface area (Å²) in [4.78, 5) is 41.6. The van der Waals surface area contributed by atoms with Gasteiger partial charge in [-0.1, -0.05) is 60.2 Å². The molecule has 0 aliphatic carbocycles. The van der Waals surface area contributed by atoms with Crippen molar-refractivity contribution in [3.05, 3.63) is 105 Å². The molecule has 1 spiro atoms. The maximum absolute atomic E-state index is 14.4. The molecule has 7 nitrogen and oxygen atoms in total. The first-order chi connectivity index (χ1) is 16.9. The maximum atomic E-state index is 14.4. The van der Waals surface area contributed by atoms with Crippen molar-refractivity contribution < 1.29 is 14.5 Å². The largest absolute Gasteiger partial charge is 0.324 e. The minimum Gasteiger partial charge on any atom is -0.324 e. The molecule has 4 unspecified atom stereocenters. The normalized spacial score (nSPS) is 27.0. The highest BCUT2D eigenvalue weighted by molar-refractivity contribution is 7.99. The number of amides is 1. The number of nitrogens with zero attached hydrogens (tertiary/aromatic N) is 2. The van der Waals surface area contributed by atoms with Crippen molar-refractivity contribution in [1.29, 1.82) is 0 Å². The number of ketones is 1. The number of nitro groups is 1. The Labute approximate surface area is 206 Å². The predicted molar refractivity (Wildman–Crippen MR) is 135 cm³/mol. The van der Waals surface area contributed by atoms with Crippen molar-refractivity contribution in [1.82, 2.24) is 4.90 Å². The molecule has 176 valence electrons. The van der Waals surface area contributed by atoms with E-state index in [1.807, 2.05) is 61.5 Å². The van der Waals surface area contributed by atoms with E-state index in [1.54, 1.807) is 23.9 Å². The second-order valence-corrected chi connectivity index (χ2v) is 10.4. The van der Waals surface area contributed by atoms with Gasteiger partial charge in [-0.15, -0.1) is 11.8 Å². The fourth-order valence-corrected chi connectivity index (χ4v) is 7.47. The molecule has 3 aromatic carbocycles. The lowest BCUT2D eigenvalue weighted by molar-refractivity contribution is -0.384. The van der Waals surface area contributed by atoms with Crippen LogP contribution in [0.1, 0.15) is 33.0 Å². The van der Waals surface area contributed by atoms with Crippen LogP contribution in [-0.2, 0) is 10.3 Å². The molecule has 3 aliphatic rings. The number of nitrogens with one attached hydrogen (secondary N) is 1. The first kappa shape index (κ1) is 22.0. The van der Waals surface area contributed by atoms with Crippen LogP contribution in [0.15, 0.2) is 72.8 Å². The third-order valence-corrected chi connectivity index (χ3v) is 8.65. The average molecular weight is 486 g/mol. The SMILES string of the molecule is Cc1ccc(C(=O)C2C(c3cccc([N+](=O)[O-])c3)C3CSCN3C23C(=O)Nc2ccccc23)cc1. The zero-order valence-electron chi connectivity index (χ0n) is 19.0. The summed E-state index contributed by atoms with van der Waals surface area (Å²) in [5, 5.41) is 14.6. The summed E-state index contributed by atoms with van der Waals surface area (Å²) in [6.07, 6.45) is 0. The van der Waals surface area contributed by atoms with Crippen LogP contribution in [-0.4, -0.2) is 39.2 Å². The molecule has 6 rings (SSSR count). The Hall–Kier alpha value is -3.49. The number of carbonyl (C=O) groups is 2. The van der Waals surface area contributed by atoms with E-state index in [0.717, 1.165) is 28.1 Å². The van der Waals surface area contributed by atoms with E-state index >= 15 is 0 Å². The lowest BCUT2D eigenvalue weighted by atomic mass is 9.69. The van der Waals surface area contributed by atoms with Crippen molar-refractivity contribution in [3.8, 4) is 0 Å². The molecule has 1 amide bonds. The highest BCUT2D eigenvalue weighted by atomic mass is 32.2. The second-order valence-electron chi connectivity index (χ2n) is 9.39. The first-order valence-corrected chi connectivity index (χ1v) is 12.7. The quantitative estimate of drug-likeness (QED) is 0.327. The van der Waals surface area contributed by atoms with Gasteiger partial charge in [0.2, 0.25) is 5.91 Å². The van der Waals surface area contributed by atoms with E-state index in [2.05, 4.69) is 10.2 Å². The van der Waals surface area contributed by atoms with Crippen LogP contribution in [0.3, 0.4) is 0 Å². The van der Waals surface area contributed by atoms with Crippen LogP contribution in [0.4, 0.5) is 11.4 Å². The highest BCUT2D eigenvalue weighted by Gasteiger charge is 2.69. The predicted octanol–water partition coefficient (Wildman–Crippen LogP) is 4.72. The Morgan fingerprint density at radius 2 is 1.89 bits per heavy atom. The second kappa shape index (κ2) is 8.03. The molecule has 0 bridgehead atoms. The fourth-order valence-electron chi connectivity index (χ4n) is 6.15. The molecule has 2 saturated heterocycles. The van der Waals surface area contributed by atoms with Crippen LogP contribution in [0, 0.1) is 23.0 Å². The number of carbonyl (C=O) groups excluding carboxylic acids is 2. The van der Waals surface area contributed by atoms with Gasteiger partial charge in [0.1, 0.15) is 5.54 Å². The third kappa shape index (κ3) is 3.10. The summed E-state index contributed by atoms with van der Waals surface area (Å²) in [6.45, 7) is 1.96. The highest BCUT2D eigenvalue weighted by Crippen LogP contribution is 2.61. The number of hydrogen-bond donors (Lipinski definition) is 1. The van der Waals surface area contributed by atoms with E-state index < -0.39 is 16.4 Å². The van der Waals surface area contributed by atoms with E-state index in [4.69, 9.17) is 0 Å². The maximum Gasteiger partial charge on any atom is 0.269 e. The van der Waals surface area contributed by atoms with Gasteiger partial charge in [-0.2, -0.15) is 0 Å². The van der Waals surface area contributed by atoms with Gasteiger partial charge >= 0.3 is 0 Å². The number of anilines is 1. The molecular weight excluding hydrogens is 462 g/mol. The molecule has 0 saturated carbocycles. The number of non-ortho nitro benzene ring substituents is 1. The Morgan fingerprint density at radius 3 is 2.66 bits per heavy atom. The average Bonchev–Trinajstić information content (AvgIpc) is 3.52. The summed E-state index contributed by atoms with van der Waals surface area (Å²) in [5.41, 5.74) is 2.63. The summed E-state index contributed by atoms with van der Waals surface area (Å²) in [5.74, 6) is -0.0904. The number of thioether (sulfide) groups is 1. The van der Waals surface area contributed by atoms with Gasteiger partial charge in [0.25, 0.3) is 5.69 Å². The van der Waals surface area contributed by atoms with Crippen LogP contribution in [0.2, 0.25) is 0 Å². The number of fused-ring (bicyclic) bond motifs is 4. The van der Waals surface area contributed by atoms with Crippen LogP contribution >= 0.6 is 11.8 Å². The standard InChI is InChI=1S/C27H23N3O4S/c1-16-9-11-17(12-10-16)25(31)24-23(18-5-4-6-19(13-18)30(33)34)22-14-35-15-29(22)27(24)20-7-2-3-8-21(20)28-26(27)32/h2-13,22-24H,14-15H2,1H3,(H,28,32). The Bertz CT molecular complexity index is 1370. The van der Waals surface area contributed by atoms with Crippen LogP contribution in [0.25, 0.3) is 0 Å². The lowest BCUT2D eigenvalue weighted by Crippen LogP contribution is -2.52. The topological polar surface area (TPSA) is 92.5 Å². The van der Waals surface area contributed by atoms with E-state index in [-0.39, 0.29) is 29.3 Å². The molecular formula is C27H23N3O4S. The minimum atomic E-state index is -1.18. The summed E-state index contributed by atoms with van der Waals surface area (Å²) in [7, 11) is 0. The monoisotopic (exact) mass is 485 g/mol. The van der Waals surface area contributed by atoms with Crippen molar-refractivity contribution in [3.63, 3.8) is 0 Å². The van der Waals surface area contributed by atoms with Gasteiger partial charge in [-0.25, -0.2) is 0 Å². The van der Waals surface area contributed by atoms with Crippen molar-refractivity contribution in [2.75, 3.05) is 16.9 Å². The molecule has 0 radical (unpaired) electrons. The number of aryl methyl sites for hydroxylation is 1. The molecule has 4 atom stereocenters. The van der Waals surface area contributed by atoms with Gasteiger partial charge in [0, 0.05) is 52.5 Å². The fraction of sp³-hybridized carbons (Fsp3) is 0.259. The smallest absolute Gasteiger partial charge is 0.269 e. The molecule has 2 fully saturated rings. The number of hydrogen-bond acceptors (Lipinski definition) is 6. The Kier molecular flexibility index (Phi) is 5.05. The van der Waals surface area contributed by atoms with Gasteiger partial charge in [-0.3, -0.25) is 24.6 Å². The first-order valence-electron chi connectivity index (χ1n) is 11.5. The molecule has 3 heterocycles. The number of nitro benzene ring substituents is 1. The minimum absolute atomic E-state index is 0.0153. The van der Waals surface area contributed by atoms with E-state index in [9.17, 15) is 19.7 Å². The molecule has 3 aromatic rings. The summed E-state index contributed by atoms with van der Waals surface area (Å²) < 4.78 is 0. The molecule has 1 N–H and O–H groups in total. The van der Waals surface area contributed by atoms with Gasteiger partial charge in [0.15, 0.2) is 5.78 Å². The van der Waals surface area contributed by atoms with Gasteiger partial charge in [0.05, 0.1) is 10.8 Å². The Morgan fingerprint density at radius 1 is 1.11 bits per heavy atom. The molecule has 0 aromatic heterocycles. The van der Waals surface area contributed by atoms with Gasteiger partial charge < -0.3 is 5.32 Å². The zero-order chi connectivity index (χ0) is 24.3. The van der Waals surface area contributed by atoms with Crippen LogP contribution < -0.4 is 5.32 Å². The number of para-hydroxylation sites is 1. The molecule has 35 heavy (non-hydrogen) atoms. The molecule has 3 aliphatic heterocycles. The van der Waals surface area contributed by atoms with E-state index in [0.29, 0.717) is 11.4 Å². The zero-order valence-corrected chi connectivity index (χ0v) is 19.8. The summed E-state index contributed by atoms with van der Waals surface area (Å²) in [6, 6.07) is 21.4. The third-order valence-electron chi connectivity index (χ3n) is 7.61. The lowest BCUT2D eigenvalue weighted by Gasteiger charge is -2.36. The molecule has 8 heteroatoms. The van der Waals surface area contributed by atoms with Crippen molar-refractivity contribution in [2.24, 2.45) is 5.92 Å². The Balaban J connectivity index is 1.61. The number of Topliss-reactive ketones (excluding diaryl/α,β-unsaturated/α-hetero) is 1.